The van der Waals surface area contributed by atoms with Gasteiger partial charge in [-0.3, -0.25) is 14.5 Å². The second-order valence-corrected chi connectivity index (χ2v) is 9.49. The fourth-order valence-corrected chi connectivity index (χ4v) is 4.40. The number of ketones is 1. The molecule has 1 aliphatic heterocycles. The number of anilines is 1. The lowest BCUT2D eigenvalue weighted by Crippen LogP contribution is -2.29. The standard InChI is InChI=1S/C24H19ClN2O6S/c1-33-18-10-4-14(5-11-18)21-20(22(28)15-2-6-16(25)7-3-15)23(29)24(30)27(21)17-8-12-19(13-9-17)34(26,31)32/h2-13,21,28H,1H3,(H2,26,31,32)/b22-20+/t21-/m1/s1. The number of halogens is 1. The number of hydrogen-bond donors (Lipinski definition) is 2. The van der Waals surface area contributed by atoms with Gasteiger partial charge in [0.05, 0.1) is 23.6 Å². The minimum atomic E-state index is -3.95. The number of primary sulfonamides is 1. The molecule has 3 aromatic rings. The highest BCUT2D eigenvalue weighted by molar-refractivity contribution is 7.89. The van der Waals surface area contributed by atoms with Gasteiger partial charge in [0.25, 0.3) is 11.7 Å². The Hall–Kier alpha value is -3.66. The van der Waals surface area contributed by atoms with Gasteiger partial charge in [0.1, 0.15) is 11.5 Å². The number of aliphatic hydroxyl groups excluding tert-OH is 1. The summed E-state index contributed by atoms with van der Waals surface area (Å²) in [6.07, 6.45) is 0. The van der Waals surface area contributed by atoms with Crippen molar-refractivity contribution in [3.63, 3.8) is 0 Å². The van der Waals surface area contributed by atoms with Crippen molar-refractivity contribution in [3.05, 3.63) is 94.5 Å². The number of aliphatic hydroxyl groups is 1. The average Bonchev–Trinajstić information content (AvgIpc) is 3.09. The van der Waals surface area contributed by atoms with Crippen LogP contribution in [0.3, 0.4) is 0 Å². The Morgan fingerprint density at radius 2 is 1.56 bits per heavy atom. The van der Waals surface area contributed by atoms with Crippen molar-refractivity contribution in [2.45, 2.75) is 10.9 Å². The van der Waals surface area contributed by atoms with Gasteiger partial charge in [0.2, 0.25) is 10.0 Å². The van der Waals surface area contributed by atoms with E-state index in [0.717, 1.165) is 0 Å². The molecule has 0 saturated carbocycles. The average molecular weight is 499 g/mol. The maximum absolute atomic E-state index is 13.1. The molecular formula is C24H19ClN2O6S. The van der Waals surface area contributed by atoms with E-state index in [1.807, 2.05) is 0 Å². The fraction of sp³-hybridized carbons (Fsp3) is 0.0833. The smallest absolute Gasteiger partial charge is 0.300 e. The molecular weight excluding hydrogens is 480 g/mol. The van der Waals surface area contributed by atoms with Gasteiger partial charge >= 0.3 is 0 Å². The van der Waals surface area contributed by atoms with Crippen molar-refractivity contribution in [1.82, 2.24) is 0 Å². The highest BCUT2D eigenvalue weighted by Crippen LogP contribution is 2.42. The molecule has 0 radical (unpaired) electrons. The maximum atomic E-state index is 13.1. The van der Waals surface area contributed by atoms with Crippen molar-refractivity contribution >= 4 is 44.8 Å². The van der Waals surface area contributed by atoms with Crippen LogP contribution >= 0.6 is 11.6 Å². The summed E-state index contributed by atoms with van der Waals surface area (Å²) in [6.45, 7) is 0. The third-order valence-electron chi connectivity index (χ3n) is 5.44. The molecule has 10 heteroatoms. The molecule has 4 rings (SSSR count). The molecule has 0 aliphatic carbocycles. The first-order valence-corrected chi connectivity index (χ1v) is 11.9. The summed E-state index contributed by atoms with van der Waals surface area (Å²) in [6, 6.07) is 17.1. The number of carbonyl (C=O) groups is 2. The molecule has 1 heterocycles. The van der Waals surface area contributed by atoms with Gasteiger partial charge in [0, 0.05) is 16.3 Å². The van der Waals surface area contributed by atoms with E-state index in [2.05, 4.69) is 0 Å². The van der Waals surface area contributed by atoms with Crippen molar-refractivity contribution in [1.29, 1.82) is 0 Å². The Balaban J connectivity index is 1.91. The first-order chi connectivity index (χ1) is 16.1. The number of hydrogen-bond acceptors (Lipinski definition) is 6. The van der Waals surface area contributed by atoms with Crippen molar-refractivity contribution in [2.75, 3.05) is 12.0 Å². The van der Waals surface area contributed by atoms with Gasteiger partial charge in [-0.1, -0.05) is 23.7 Å². The van der Waals surface area contributed by atoms with Gasteiger partial charge in [-0.15, -0.1) is 0 Å². The van der Waals surface area contributed by atoms with Crippen LogP contribution in [-0.2, 0) is 19.6 Å². The lowest BCUT2D eigenvalue weighted by molar-refractivity contribution is -0.132. The molecule has 0 spiro atoms. The maximum Gasteiger partial charge on any atom is 0.300 e. The number of nitrogens with two attached hydrogens (primary N) is 1. The van der Waals surface area contributed by atoms with Crippen LogP contribution < -0.4 is 14.8 Å². The Bertz CT molecular complexity index is 1400. The Morgan fingerprint density at radius 1 is 0.971 bits per heavy atom. The normalized spacial score (nSPS) is 17.7. The predicted molar refractivity (Wildman–Crippen MR) is 127 cm³/mol. The van der Waals surface area contributed by atoms with Crippen molar-refractivity contribution < 1.29 is 27.9 Å². The van der Waals surface area contributed by atoms with Gasteiger partial charge in [-0.25, -0.2) is 13.6 Å². The van der Waals surface area contributed by atoms with Gasteiger partial charge in [-0.2, -0.15) is 0 Å². The van der Waals surface area contributed by atoms with Crippen LogP contribution in [0.15, 0.2) is 83.3 Å². The van der Waals surface area contributed by atoms with Crippen LogP contribution in [0, 0.1) is 0 Å². The second-order valence-electron chi connectivity index (χ2n) is 7.49. The van der Waals surface area contributed by atoms with E-state index < -0.39 is 27.8 Å². The molecule has 0 unspecified atom stereocenters. The second kappa shape index (κ2) is 8.94. The zero-order valence-electron chi connectivity index (χ0n) is 17.8. The molecule has 0 aromatic heterocycles. The zero-order valence-corrected chi connectivity index (χ0v) is 19.4. The Labute approximate surface area is 200 Å². The number of ether oxygens (including phenoxy) is 1. The largest absolute Gasteiger partial charge is 0.507 e. The molecule has 0 bridgehead atoms. The van der Waals surface area contributed by atoms with E-state index in [1.165, 1.54) is 48.4 Å². The summed E-state index contributed by atoms with van der Waals surface area (Å²) in [4.78, 5) is 27.3. The van der Waals surface area contributed by atoms with Crippen molar-refractivity contribution in [2.24, 2.45) is 5.14 Å². The minimum Gasteiger partial charge on any atom is -0.507 e. The Morgan fingerprint density at radius 3 is 2.09 bits per heavy atom. The van der Waals surface area contributed by atoms with Gasteiger partial charge in [0.15, 0.2) is 0 Å². The van der Waals surface area contributed by atoms with E-state index in [9.17, 15) is 23.1 Å². The minimum absolute atomic E-state index is 0.118. The molecule has 34 heavy (non-hydrogen) atoms. The summed E-state index contributed by atoms with van der Waals surface area (Å²) in [7, 11) is -2.44. The van der Waals surface area contributed by atoms with Gasteiger partial charge < -0.3 is 9.84 Å². The number of Topliss-reactive ketones (excluding diaryl/α,β-unsaturated/α-hetero) is 1. The highest BCUT2D eigenvalue weighted by Gasteiger charge is 2.47. The van der Waals surface area contributed by atoms with Crippen LogP contribution in [0.25, 0.3) is 5.76 Å². The van der Waals surface area contributed by atoms with E-state index >= 15 is 0 Å². The lowest BCUT2D eigenvalue weighted by atomic mass is 9.95. The summed E-state index contributed by atoms with van der Waals surface area (Å²) >= 11 is 5.94. The molecule has 3 aromatic carbocycles. The lowest BCUT2D eigenvalue weighted by Gasteiger charge is -2.25. The molecule has 1 saturated heterocycles. The van der Waals surface area contributed by atoms with Crippen LogP contribution in [0.4, 0.5) is 5.69 Å². The quantitative estimate of drug-likeness (QED) is 0.314. The first kappa shape index (κ1) is 23.5. The van der Waals surface area contributed by atoms with Crippen LogP contribution in [0.1, 0.15) is 17.2 Å². The first-order valence-electron chi connectivity index (χ1n) is 9.95. The molecule has 1 aliphatic rings. The number of amides is 1. The summed E-state index contributed by atoms with van der Waals surface area (Å²) < 4.78 is 28.5. The van der Waals surface area contributed by atoms with Crippen LogP contribution in [0.2, 0.25) is 5.02 Å². The molecule has 1 fully saturated rings. The van der Waals surface area contributed by atoms with Crippen LogP contribution in [0.5, 0.6) is 5.75 Å². The SMILES string of the molecule is COc1ccc([C@@H]2/C(=C(\O)c3ccc(Cl)cc3)C(=O)C(=O)N2c2ccc(S(N)(=O)=O)cc2)cc1. The van der Waals surface area contributed by atoms with E-state index in [-0.39, 0.29) is 21.9 Å². The number of carbonyl (C=O) groups excluding carboxylic acids is 2. The fourth-order valence-electron chi connectivity index (χ4n) is 3.76. The number of methoxy groups -OCH3 is 1. The molecule has 1 amide bonds. The van der Waals surface area contributed by atoms with Crippen molar-refractivity contribution in [3.8, 4) is 5.75 Å². The zero-order chi connectivity index (χ0) is 24.6. The summed E-state index contributed by atoms with van der Waals surface area (Å²) in [5.41, 5.74) is 0.981. The number of benzene rings is 3. The predicted octanol–water partition coefficient (Wildman–Crippen LogP) is 3.62. The Kier molecular flexibility index (Phi) is 6.18. The highest BCUT2D eigenvalue weighted by atomic mass is 35.5. The monoisotopic (exact) mass is 498 g/mol. The number of sulfonamides is 1. The van der Waals surface area contributed by atoms with Gasteiger partial charge in [-0.05, 0) is 66.2 Å². The molecule has 1 atom stereocenters. The third kappa shape index (κ3) is 4.28. The van der Waals surface area contributed by atoms with Crippen LogP contribution in [-0.4, -0.2) is 32.3 Å². The topological polar surface area (TPSA) is 127 Å². The van der Waals surface area contributed by atoms with E-state index in [4.69, 9.17) is 21.5 Å². The third-order valence-corrected chi connectivity index (χ3v) is 6.62. The molecule has 8 nitrogen and oxygen atoms in total. The summed E-state index contributed by atoms with van der Waals surface area (Å²) in [5, 5.41) is 16.7. The number of nitrogens with zero attached hydrogens (tertiary/aromatic N) is 1. The number of rotatable bonds is 5. The molecule has 3 N–H and O–H groups in total. The van der Waals surface area contributed by atoms with E-state index in [1.54, 1.807) is 36.4 Å². The van der Waals surface area contributed by atoms with E-state index in [0.29, 0.717) is 21.9 Å². The molecule has 174 valence electrons. The summed E-state index contributed by atoms with van der Waals surface area (Å²) in [5.74, 6) is -1.56.